The molecule has 0 aliphatic heterocycles. The highest BCUT2D eigenvalue weighted by Gasteiger charge is 1.97. The molecule has 0 saturated carbocycles. The van der Waals surface area contributed by atoms with Gasteiger partial charge < -0.3 is 0 Å². The fraction of sp³-hybridized carbons (Fsp3) is 0.222. The molecule has 0 aromatic carbocycles. The van der Waals surface area contributed by atoms with Crippen LogP contribution in [0.4, 0.5) is 0 Å². The van der Waals surface area contributed by atoms with Crippen LogP contribution in [-0.4, -0.2) is 10.5 Å². The highest BCUT2D eigenvalue weighted by atomic mass is 35.5. The van der Waals surface area contributed by atoms with Crippen LogP contribution in [0.5, 0.6) is 0 Å². The third-order valence-electron chi connectivity index (χ3n) is 1.33. The van der Waals surface area contributed by atoms with Gasteiger partial charge in [-0.15, -0.1) is 6.42 Å². The molecule has 3 heteroatoms. The second kappa shape index (κ2) is 4.76. The molecule has 1 rings (SSSR count). The van der Waals surface area contributed by atoms with Crippen LogP contribution in [-0.2, 0) is 6.54 Å². The second-order valence-electron chi connectivity index (χ2n) is 2.23. The lowest BCUT2D eigenvalue weighted by Crippen LogP contribution is -2.21. The molecule has 62 valence electrons. The lowest BCUT2D eigenvalue weighted by Gasteiger charge is -2.03. The number of hydrogen-bond acceptors (Lipinski definition) is 2. The Kier molecular flexibility index (Phi) is 3.59. The lowest BCUT2D eigenvalue weighted by atomic mass is 10.3. The molecule has 1 unspecified atom stereocenters. The van der Waals surface area contributed by atoms with Crippen LogP contribution in [0.25, 0.3) is 0 Å². The van der Waals surface area contributed by atoms with Crippen molar-refractivity contribution in [3.8, 4) is 12.3 Å². The molecule has 1 N–H and O–H groups in total. The molecule has 0 radical (unpaired) electrons. The van der Waals surface area contributed by atoms with E-state index in [1.165, 1.54) is 0 Å². The molecule has 0 saturated heterocycles. The first-order valence-electron chi connectivity index (χ1n) is 3.56. The van der Waals surface area contributed by atoms with Crippen LogP contribution < -0.4 is 5.32 Å². The maximum Gasteiger partial charge on any atom is 0.144 e. The van der Waals surface area contributed by atoms with Gasteiger partial charge in [-0.25, -0.2) is 0 Å². The summed E-state index contributed by atoms with van der Waals surface area (Å²) in [4.78, 5) is 4.10. The third-order valence-corrected chi connectivity index (χ3v) is 1.62. The summed E-state index contributed by atoms with van der Waals surface area (Å²) in [6.45, 7) is 0.596. The van der Waals surface area contributed by atoms with Crippen molar-refractivity contribution in [2.45, 2.75) is 12.0 Å². The Morgan fingerprint density at radius 2 is 2.50 bits per heavy atom. The van der Waals surface area contributed by atoms with Gasteiger partial charge in [0.1, 0.15) is 5.50 Å². The van der Waals surface area contributed by atoms with Gasteiger partial charge in [0.15, 0.2) is 0 Å². The van der Waals surface area contributed by atoms with E-state index in [1.54, 1.807) is 6.20 Å². The van der Waals surface area contributed by atoms with Gasteiger partial charge in [0, 0.05) is 12.7 Å². The Labute approximate surface area is 77.0 Å². The van der Waals surface area contributed by atoms with E-state index < -0.39 is 5.50 Å². The summed E-state index contributed by atoms with van der Waals surface area (Å²) in [6, 6.07) is 5.69. The zero-order valence-electron chi connectivity index (χ0n) is 6.50. The van der Waals surface area contributed by atoms with Gasteiger partial charge in [-0.1, -0.05) is 23.6 Å². The third kappa shape index (κ3) is 2.91. The molecule has 1 aromatic rings. The number of nitrogens with one attached hydrogen (secondary N) is 1. The van der Waals surface area contributed by atoms with Crippen molar-refractivity contribution in [2.75, 3.05) is 0 Å². The lowest BCUT2D eigenvalue weighted by molar-refractivity contribution is 0.714. The summed E-state index contributed by atoms with van der Waals surface area (Å²) >= 11 is 5.64. The van der Waals surface area contributed by atoms with Gasteiger partial charge >= 0.3 is 0 Å². The minimum Gasteiger partial charge on any atom is -0.286 e. The zero-order chi connectivity index (χ0) is 8.81. The van der Waals surface area contributed by atoms with Gasteiger partial charge in [-0.05, 0) is 12.1 Å². The van der Waals surface area contributed by atoms with Crippen LogP contribution in [0.3, 0.4) is 0 Å². The van der Waals surface area contributed by atoms with E-state index in [-0.39, 0.29) is 0 Å². The number of aromatic nitrogens is 1. The Balaban J connectivity index is 2.40. The smallest absolute Gasteiger partial charge is 0.144 e. The number of nitrogens with zero attached hydrogens (tertiary/aromatic N) is 1. The fourth-order valence-electron chi connectivity index (χ4n) is 0.756. The van der Waals surface area contributed by atoms with Crippen molar-refractivity contribution in [2.24, 2.45) is 0 Å². The van der Waals surface area contributed by atoms with E-state index in [0.717, 1.165) is 5.69 Å². The van der Waals surface area contributed by atoms with Gasteiger partial charge in [-0.2, -0.15) is 0 Å². The number of halogens is 1. The maximum atomic E-state index is 5.64. The summed E-state index contributed by atoms with van der Waals surface area (Å²) in [5, 5.41) is 2.92. The molecule has 0 aliphatic rings. The molecule has 12 heavy (non-hydrogen) atoms. The molecule has 0 aliphatic carbocycles. The summed E-state index contributed by atoms with van der Waals surface area (Å²) in [7, 11) is 0. The first kappa shape index (κ1) is 9.05. The van der Waals surface area contributed by atoms with Crippen LogP contribution >= 0.6 is 11.6 Å². The average Bonchev–Trinajstić information content (AvgIpc) is 2.16. The van der Waals surface area contributed by atoms with E-state index in [4.69, 9.17) is 18.0 Å². The van der Waals surface area contributed by atoms with Crippen LogP contribution in [0.1, 0.15) is 5.69 Å². The second-order valence-corrected chi connectivity index (χ2v) is 2.67. The molecule has 0 fully saturated rings. The Morgan fingerprint density at radius 3 is 3.08 bits per heavy atom. The van der Waals surface area contributed by atoms with Crippen molar-refractivity contribution in [1.82, 2.24) is 10.3 Å². The summed E-state index contributed by atoms with van der Waals surface area (Å²) in [6.07, 6.45) is 6.80. The molecule has 2 nitrogen and oxygen atoms in total. The minimum absolute atomic E-state index is 0.424. The Morgan fingerprint density at radius 1 is 1.67 bits per heavy atom. The average molecular weight is 181 g/mol. The maximum absolute atomic E-state index is 5.64. The van der Waals surface area contributed by atoms with Crippen molar-refractivity contribution in [3.63, 3.8) is 0 Å². The van der Waals surface area contributed by atoms with Gasteiger partial charge in [0.05, 0.1) is 5.69 Å². The van der Waals surface area contributed by atoms with E-state index >= 15 is 0 Å². The Hall–Kier alpha value is -1.04. The molecule has 0 spiro atoms. The van der Waals surface area contributed by atoms with Crippen LogP contribution in [0, 0.1) is 12.3 Å². The molecule has 1 heterocycles. The van der Waals surface area contributed by atoms with Crippen LogP contribution in [0.15, 0.2) is 24.4 Å². The van der Waals surface area contributed by atoms with Crippen molar-refractivity contribution >= 4 is 11.6 Å². The topological polar surface area (TPSA) is 24.9 Å². The van der Waals surface area contributed by atoms with Crippen molar-refractivity contribution in [3.05, 3.63) is 30.1 Å². The zero-order valence-corrected chi connectivity index (χ0v) is 7.25. The number of rotatable bonds is 3. The number of terminal acetylenes is 1. The fourth-order valence-corrected chi connectivity index (χ4v) is 0.833. The van der Waals surface area contributed by atoms with Crippen LogP contribution in [0.2, 0.25) is 0 Å². The largest absolute Gasteiger partial charge is 0.286 e. The highest BCUT2D eigenvalue weighted by molar-refractivity contribution is 6.22. The van der Waals surface area contributed by atoms with Gasteiger partial charge in [0.2, 0.25) is 0 Å². The van der Waals surface area contributed by atoms with E-state index in [2.05, 4.69) is 16.2 Å². The minimum atomic E-state index is -0.424. The molecule has 1 aromatic heterocycles. The molecular weight excluding hydrogens is 172 g/mol. The molecule has 1 atom stereocenters. The number of hydrogen-bond donors (Lipinski definition) is 1. The molecular formula is C9H9ClN2. The summed E-state index contributed by atoms with van der Waals surface area (Å²) in [5.74, 6) is 2.36. The number of pyridine rings is 1. The van der Waals surface area contributed by atoms with E-state index in [1.807, 2.05) is 18.2 Å². The predicted octanol–water partition coefficient (Wildman–Crippen LogP) is 1.37. The highest BCUT2D eigenvalue weighted by Crippen LogP contribution is 1.94. The van der Waals surface area contributed by atoms with Gasteiger partial charge in [0.25, 0.3) is 0 Å². The molecule has 0 bridgehead atoms. The summed E-state index contributed by atoms with van der Waals surface area (Å²) < 4.78 is 0. The summed E-state index contributed by atoms with van der Waals surface area (Å²) in [5.41, 5.74) is 0.505. The standard InChI is InChI=1S/C9H9ClN2/c1-2-9(10)12-7-8-5-3-4-6-11-8/h1,3-6,9,12H,7H2. The van der Waals surface area contributed by atoms with Crippen molar-refractivity contribution < 1.29 is 0 Å². The first-order valence-corrected chi connectivity index (χ1v) is 4.00. The van der Waals surface area contributed by atoms with Crippen molar-refractivity contribution in [1.29, 1.82) is 0 Å². The monoisotopic (exact) mass is 180 g/mol. The number of alkyl halides is 1. The normalized spacial score (nSPS) is 12.0. The van der Waals surface area contributed by atoms with E-state index in [9.17, 15) is 0 Å². The molecule has 0 amide bonds. The SMILES string of the molecule is C#CC(Cl)NCc1ccccn1. The van der Waals surface area contributed by atoms with E-state index in [0.29, 0.717) is 6.54 Å². The Bertz CT molecular complexity index is 266. The predicted molar refractivity (Wildman–Crippen MR) is 49.6 cm³/mol. The van der Waals surface area contributed by atoms with Gasteiger partial charge in [-0.3, -0.25) is 10.3 Å². The quantitative estimate of drug-likeness (QED) is 0.432. The first-order chi connectivity index (χ1) is 5.83.